The number of carboxylic acid groups (broad SMARTS) is 2. The van der Waals surface area contributed by atoms with Crippen molar-refractivity contribution in [2.24, 2.45) is 29.1 Å². The van der Waals surface area contributed by atoms with Gasteiger partial charge in [-0.05, 0) is 74.0 Å². The van der Waals surface area contributed by atoms with Crippen molar-refractivity contribution >= 4 is 11.9 Å². The van der Waals surface area contributed by atoms with Crippen LogP contribution in [0.1, 0.15) is 44.9 Å². The topological polar surface area (TPSA) is 74.6 Å². The first-order valence-corrected chi connectivity index (χ1v) is 8.13. The Morgan fingerprint density at radius 2 is 1.50 bits per heavy atom. The van der Waals surface area contributed by atoms with Crippen LogP contribution in [0.15, 0.2) is 24.3 Å². The van der Waals surface area contributed by atoms with E-state index in [2.05, 4.69) is 13.2 Å². The third kappa shape index (κ3) is 2.49. The van der Waals surface area contributed by atoms with Crippen molar-refractivity contribution in [3.63, 3.8) is 0 Å². The van der Waals surface area contributed by atoms with Gasteiger partial charge in [-0.15, -0.1) is 0 Å². The van der Waals surface area contributed by atoms with E-state index in [9.17, 15) is 19.8 Å². The molecule has 2 N–H and O–H groups in total. The van der Waals surface area contributed by atoms with E-state index in [-0.39, 0.29) is 22.5 Å². The summed E-state index contributed by atoms with van der Waals surface area (Å²) in [6.45, 7) is 7.45. The number of rotatable bonds is 6. The van der Waals surface area contributed by atoms with Gasteiger partial charge in [-0.25, -0.2) is 9.59 Å². The third-order valence-electron chi connectivity index (χ3n) is 6.32. The molecule has 4 bridgehead atoms. The van der Waals surface area contributed by atoms with E-state index in [4.69, 9.17) is 0 Å². The molecule has 0 aromatic rings. The summed E-state index contributed by atoms with van der Waals surface area (Å²) < 4.78 is 0. The predicted octanol–water partition coefficient (Wildman–Crippen LogP) is 3.49. The second-order valence-electron chi connectivity index (χ2n) is 7.77. The van der Waals surface area contributed by atoms with Gasteiger partial charge in [0.2, 0.25) is 0 Å². The highest BCUT2D eigenvalue weighted by Gasteiger charge is 2.56. The molecule has 0 spiro atoms. The van der Waals surface area contributed by atoms with Crippen LogP contribution in [0.4, 0.5) is 0 Å². The van der Waals surface area contributed by atoms with Crippen molar-refractivity contribution in [2.45, 2.75) is 44.9 Å². The van der Waals surface area contributed by atoms with Crippen molar-refractivity contribution in [1.29, 1.82) is 0 Å². The third-order valence-corrected chi connectivity index (χ3v) is 6.32. The lowest BCUT2D eigenvalue weighted by molar-refractivity contribution is -0.138. The summed E-state index contributed by atoms with van der Waals surface area (Å²) in [6.07, 6.45) is 6.68. The van der Waals surface area contributed by atoms with Crippen LogP contribution in [-0.2, 0) is 9.59 Å². The Morgan fingerprint density at radius 3 is 2.00 bits per heavy atom. The zero-order valence-corrected chi connectivity index (χ0v) is 12.9. The average molecular weight is 304 g/mol. The van der Waals surface area contributed by atoms with E-state index >= 15 is 0 Å². The Morgan fingerprint density at radius 1 is 0.955 bits per heavy atom. The highest BCUT2D eigenvalue weighted by molar-refractivity contribution is 5.86. The fraction of sp³-hybridized carbons (Fsp3) is 0.667. The molecule has 0 heterocycles. The standard InChI is InChI=1S/C18H24O4/c1-10(16(19)20)3-15-14-5-12-4-13(6-14)9-18(15,8-12)7-11(2)17(21)22/h12-15H,1-9H2,(H,19,20)(H,21,22). The van der Waals surface area contributed by atoms with Crippen molar-refractivity contribution < 1.29 is 19.8 Å². The second-order valence-corrected chi connectivity index (χ2v) is 7.77. The molecule has 0 radical (unpaired) electrons. The van der Waals surface area contributed by atoms with E-state index in [1.165, 1.54) is 19.3 Å². The first-order chi connectivity index (χ1) is 10.3. The number of hydrogen-bond donors (Lipinski definition) is 2. The Hall–Kier alpha value is -1.58. The minimum Gasteiger partial charge on any atom is -0.478 e. The van der Waals surface area contributed by atoms with E-state index in [0.29, 0.717) is 30.6 Å². The first kappa shape index (κ1) is 15.3. The maximum Gasteiger partial charge on any atom is 0.330 e. The smallest absolute Gasteiger partial charge is 0.330 e. The van der Waals surface area contributed by atoms with Gasteiger partial charge in [0.15, 0.2) is 0 Å². The van der Waals surface area contributed by atoms with Gasteiger partial charge in [-0.2, -0.15) is 0 Å². The zero-order chi connectivity index (χ0) is 16.1. The molecule has 4 saturated carbocycles. The Labute approximate surface area is 130 Å². The molecule has 0 aliphatic heterocycles. The molecule has 120 valence electrons. The Kier molecular flexibility index (Phi) is 3.66. The highest BCUT2D eigenvalue weighted by atomic mass is 16.4. The average Bonchev–Trinajstić information content (AvgIpc) is 2.41. The van der Waals surface area contributed by atoms with Crippen LogP contribution in [0.25, 0.3) is 0 Å². The molecule has 0 aromatic carbocycles. The van der Waals surface area contributed by atoms with E-state index in [1.807, 2.05) is 0 Å². The summed E-state index contributed by atoms with van der Waals surface area (Å²) in [5.74, 6) is 0.304. The summed E-state index contributed by atoms with van der Waals surface area (Å²) in [5, 5.41) is 18.4. The molecule has 4 aliphatic rings. The number of carbonyl (C=O) groups is 2. The fourth-order valence-corrected chi connectivity index (χ4v) is 5.83. The molecule has 3 unspecified atom stereocenters. The van der Waals surface area contributed by atoms with Gasteiger partial charge in [-0.3, -0.25) is 0 Å². The van der Waals surface area contributed by atoms with Crippen LogP contribution >= 0.6 is 0 Å². The van der Waals surface area contributed by atoms with Gasteiger partial charge in [-0.1, -0.05) is 13.2 Å². The first-order valence-electron chi connectivity index (χ1n) is 8.13. The molecule has 4 aliphatic carbocycles. The van der Waals surface area contributed by atoms with Gasteiger partial charge < -0.3 is 10.2 Å². The summed E-state index contributed by atoms with van der Waals surface area (Å²) >= 11 is 0. The predicted molar refractivity (Wildman–Crippen MR) is 82.3 cm³/mol. The normalized spacial score (nSPS) is 38.7. The van der Waals surface area contributed by atoms with Crippen molar-refractivity contribution in [3.05, 3.63) is 24.3 Å². The minimum absolute atomic E-state index is 0.0669. The molecule has 22 heavy (non-hydrogen) atoms. The number of hydrogen-bond acceptors (Lipinski definition) is 2. The zero-order valence-electron chi connectivity index (χ0n) is 12.9. The molecule has 4 heteroatoms. The minimum atomic E-state index is -0.930. The van der Waals surface area contributed by atoms with Crippen LogP contribution in [0.2, 0.25) is 0 Å². The van der Waals surface area contributed by atoms with E-state index < -0.39 is 11.9 Å². The monoisotopic (exact) mass is 304 g/mol. The van der Waals surface area contributed by atoms with Crippen molar-refractivity contribution in [2.75, 3.05) is 0 Å². The van der Waals surface area contributed by atoms with Crippen LogP contribution in [-0.4, -0.2) is 22.2 Å². The summed E-state index contributed by atoms with van der Waals surface area (Å²) in [4.78, 5) is 22.4. The molecule has 4 rings (SSSR count). The maximum atomic E-state index is 11.2. The van der Waals surface area contributed by atoms with E-state index in [1.54, 1.807) is 0 Å². The summed E-state index contributed by atoms with van der Waals surface area (Å²) in [7, 11) is 0. The van der Waals surface area contributed by atoms with Gasteiger partial charge >= 0.3 is 11.9 Å². The van der Waals surface area contributed by atoms with Gasteiger partial charge in [0, 0.05) is 11.1 Å². The molecule has 4 nitrogen and oxygen atoms in total. The van der Waals surface area contributed by atoms with Crippen molar-refractivity contribution in [1.82, 2.24) is 0 Å². The van der Waals surface area contributed by atoms with Crippen molar-refractivity contribution in [3.8, 4) is 0 Å². The quantitative estimate of drug-likeness (QED) is 0.737. The number of carboxylic acids is 2. The number of aliphatic carboxylic acids is 2. The molecular formula is C18H24O4. The molecular weight excluding hydrogens is 280 g/mol. The summed E-state index contributed by atoms with van der Waals surface area (Å²) in [5.41, 5.74) is 0.466. The molecule has 3 atom stereocenters. The largest absolute Gasteiger partial charge is 0.478 e. The van der Waals surface area contributed by atoms with Crippen LogP contribution in [0.5, 0.6) is 0 Å². The molecule has 4 fully saturated rings. The lowest BCUT2D eigenvalue weighted by Crippen LogP contribution is -2.53. The van der Waals surface area contributed by atoms with Crippen LogP contribution in [0, 0.1) is 29.1 Å². The summed E-state index contributed by atoms with van der Waals surface area (Å²) in [6, 6.07) is 0. The maximum absolute atomic E-state index is 11.2. The molecule has 0 saturated heterocycles. The lowest BCUT2D eigenvalue weighted by Gasteiger charge is -2.62. The Balaban J connectivity index is 1.88. The molecule has 0 aromatic heterocycles. The SMILES string of the molecule is C=C(CC1C2CC3CC(C2)CC1(CC(=C)C(=O)O)C3)C(=O)O. The van der Waals surface area contributed by atoms with Gasteiger partial charge in [0.1, 0.15) is 0 Å². The van der Waals surface area contributed by atoms with Crippen LogP contribution in [0.3, 0.4) is 0 Å². The lowest BCUT2D eigenvalue weighted by atomic mass is 9.43. The Bertz CT molecular complexity index is 533. The second kappa shape index (κ2) is 5.25. The fourth-order valence-electron chi connectivity index (χ4n) is 5.83. The molecule has 0 amide bonds. The van der Waals surface area contributed by atoms with E-state index in [0.717, 1.165) is 12.8 Å². The van der Waals surface area contributed by atoms with Gasteiger partial charge in [0.05, 0.1) is 0 Å². The van der Waals surface area contributed by atoms with Gasteiger partial charge in [0.25, 0.3) is 0 Å². The highest BCUT2D eigenvalue weighted by Crippen LogP contribution is 2.65. The van der Waals surface area contributed by atoms with Crippen LogP contribution < -0.4 is 0 Å².